The molecule has 0 radical (unpaired) electrons. The smallest absolute Gasteiger partial charge is 0.133 e. The summed E-state index contributed by atoms with van der Waals surface area (Å²) in [5.41, 5.74) is 2.00. The Labute approximate surface area is 125 Å². The van der Waals surface area contributed by atoms with Gasteiger partial charge < -0.3 is 14.4 Å². The summed E-state index contributed by atoms with van der Waals surface area (Å²) in [6.45, 7) is 4.90. The predicted molar refractivity (Wildman–Crippen MR) is 83.0 cm³/mol. The first-order chi connectivity index (χ1) is 10.2. The van der Waals surface area contributed by atoms with E-state index in [4.69, 9.17) is 4.42 Å². The van der Waals surface area contributed by atoms with Gasteiger partial charge in [0, 0.05) is 38.3 Å². The highest BCUT2D eigenvalue weighted by atomic mass is 16.3. The maximum Gasteiger partial charge on any atom is 0.133 e. The third-order valence-corrected chi connectivity index (χ3v) is 4.13. The van der Waals surface area contributed by atoms with Crippen molar-refractivity contribution in [3.63, 3.8) is 0 Å². The number of aliphatic hydroxyl groups excluding tert-OH is 1. The van der Waals surface area contributed by atoms with E-state index in [1.165, 1.54) is 0 Å². The summed E-state index contributed by atoms with van der Waals surface area (Å²) in [5, 5.41) is 10.4. The van der Waals surface area contributed by atoms with Gasteiger partial charge >= 0.3 is 0 Å². The summed E-state index contributed by atoms with van der Waals surface area (Å²) in [7, 11) is 2.14. The Morgan fingerprint density at radius 3 is 2.43 bits per heavy atom. The van der Waals surface area contributed by atoms with E-state index in [1.807, 2.05) is 36.4 Å². The maximum atomic E-state index is 10.4. The fourth-order valence-corrected chi connectivity index (χ4v) is 2.69. The van der Waals surface area contributed by atoms with Crippen LogP contribution in [0.1, 0.15) is 11.7 Å². The van der Waals surface area contributed by atoms with Crippen molar-refractivity contribution in [2.24, 2.45) is 0 Å². The molecule has 1 saturated heterocycles. The van der Waals surface area contributed by atoms with Gasteiger partial charge in [0.2, 0.25) is 0 Å². The van der Waals surface area contributed by atoms with Crippen LogP contribution >= 0.6 is 0 Å². The second-order valence-corrected chi connectivity index (χ2v) is 5.72. The number of nitrogens with zero attached hydrogens (tertiary/aromatic N) is 2. The van der Waals surface area contributed by atoms with Gasteiger partial charge in [0.1, 0.15) is 5.76 Å². The molecule has 0 aliphatic carbocycles. The van der Waals surface area contributed by atoms with Crippen LogP contribution < -0.4 is 0 Å². The van der Waals surface area contributed by atoms with Gasteiger partial charge in [0.25, 0.3) is 0 Å². The molecule has 21 heavy (non-hydrogen) atoms. The van der Waals surface area contributed by atoms with E-state index in [0.29, 0.717) is 6.54 Å². The van der Waals surface area contributed by atoms with E-state index < -0.39 is 6.10 Å². The molecule has 4 heteroatoms. The average Bonchev–Trinajstić information content (AvgIpc) is 3.04. The topological polar surface area (TPSA) is 39.9 Å². The zero-order valence-corrected chi connectivity index (χ0v) is 12.4. The van der Waals surface area contributed by atoms with Crippen molar-refractivity contribution >= 4 is 0 Å². The van der Waals surface area contributed by atoms with Crippen LogP contribution in [0.25, 0.3) is 11.3 Å². The Kier molecular flexibility index (Phi) is 4.39. The zero-order valence-electron chi connectivity index (χ0n) is 12.4. The number of hydrogen-bond donors (Lipinski definition) is 1. The molecule has 1 aromatic heterocycles. The van der Waals surface area contributed by atoms with Crippen molar-refractivity contribution in [2.75, 3.05) is 39.8 Å². The van der Waals surface area contributed by atoms with E-state index in [9.17, 15) is 5.11 Å². The molecule has 0 bridgehead atoms. The standard InChI is InChI=1S/C17H22N2O2/c1-18-8-10-19(11-9-18)13-16(20)14-4-6-15(7-5-14)17-3-2-12-21-17/h2-7,12,16,20H,8-11,13H2,1H3. The fourth-order valence-electron chi connectivity index (χ4n) is 2.69. The molecule has 1 aromatic carbocycles. The molecule has 1 unspecified atom stereocenters. The van der Waals surface area contributed by atoms with E-state index in [2.05, 4.69) is 16.8 Å². The highest BCUT2D eigenvalue weighted by molar-refractivity contribution is 5.57. The molecule has 1 aliphatic heterocycles. The number of furan rings is 1. The summed E-state index contributed by atoms with van der Waals surface area (Å²) >= 11 is 0. The lowest BCUT2D eigenvalue weighted by Crippen LogP contribution is -2.45. The third kappa shape index (κ3) is 3.53. The number of aliphatic hydroxyl groups is 1. The Bertz CT molecular complexity index is 543. The lowest BCUT2D eigenvalue weighted by atomic mass is 10.1. The molecular weight excluding hydrogens is 264 g/mol. The largest absolute Gasteiger partial charge is 0.464 e. The van der Waals surface area contributed by atoms with Gasteiger partial charge in [-0.15, -0.1) is 0 Å². The van der Waals surface area contributed by atoms with Gasteiger partial charge in [-0.3, -0.25) is 4.90 Å². The van der Waals surface area contributed by atoms with Crippen molar-refractivity contribution in [3.05, 3.63) is 48.2 Å². The van der Waals surface area contributed by atoms with Crippen LogP contribution in [0, 0.1) is 0 Å². The molecule has 1 fully saturated rings. The predicted octanol–water partition coefficient (Wildman–Crippen LogP) is 2.23. The lowest BCUT2D eigenvalue weighted by Gasteiger charge is -2.33. The summed E-state index contributed by atoms with van der Waals surface area (Å²) in [4.78, 5) is 4.64. The summed E-state index contributed by atoms with van der Waals surface area (Å²) in [5.74, 6) is 0.857. The van der Waals surface area contributed by atoms with Crippen LogP contribution in [0.3, 0.4) is 0 Å². The number of β-amino-alcohol motifs (C(OH)–C–C–N with tert-alkyl or cyclic N) is 1. The van der Waals surface area contributed by atoms with Crippen molar-refractivity contribution in [1.29, 1.82) is 0 Å². The average molecular weight is 286 g/mol. The molecule has 2 aromatic rings. The zero-order chi connectivity index (χ0) is 14.7. The first-order valence-electron chi connectivity index (χ1n) is 7.45. The SMILES string of the molecule is CN1CCN(CC(O)c2ccc(-c3ccco3)cc2)CC1. The van der Waals surface area contributed by atoms with Crippen LogP contribution in [0.15, 0.2) is 47.1 Å². The molecule has 2 heterocycles. The van der Waals surface area contributed by atoms with Crippen molar-refractivity contribution in [2.45, 2.75) is 6.10 Å². The minimum Gasteiger partial charge on any atom is -0.464 e. The Morgan fingerprint density at radius 2 is 1.81 bits per heavy atom. The highest BCUT2D eigenvalue weighted by Gasteiger charge is 2.18. The molecule has 0 amide bonds. The number of hydrogen-bond acceptors (Lipinski definition) is 4. The highest BCUT2D eigenvalue weighted by Crippen LogP contribution is 2.23. The quantitative estimate of drug-likeness (QED) is 0.935. The fraction of sp³-hybridized carbons (Fsp3) is 0.412. The van der Waals surface area contributed by atoms with E-state index in [0.717, 1.165) is 43.1 Å². The Balaban J connectivity index is 1.61. The van der Waals surface area contributed by atoms with Gasteiger partial charge in [-0.2, -0.15) is 0 Å². The van der Waals surface area contributed by atoms with Crippen LogP contribution in [0.4, 0.5) is 0 Å². The van der Waals surface area contributed by atoms with Gasteiger partial charge in [-0.05, 0) is 24.7 Å². The molecular formula is C17H22N2O2. The molecule has 0 spiro atoms. The van der Waals surface area contributed by atoms with Gasteiger partial charge in [-0.1, -0.05) is 24.3 Å². The Morgan fingerprint density at radius 1 is 1.10 bits per heavy atom. The Hall–Kier alpha value is -1.62. The number of benzene rings is 1. The minimum absolute atomic E-state index is 0.431. The van der Waals surface area contributed by atoms with Crippen LogP contribution in [-0.2, 0) is 0 Å². The summed E-state index contributed by atoms with van der Waals surface area (Å²) in [6.07, 6.45) is 1.24. The first-order valence-corrected chi connectivity index (χ1v) is 7.45. The van der Waals surface area contributed by atoms with Crippen molar-refractivity contribution in [3.8, 4) is 11.3 Å². The number of piperazine rings is 1. The van der Waals surface area contributed by atoms with Crippen LogP contribution in [-0.4, -0.2) is 54.7 Å². The monoisotopic (exact) mass is 286 g/mol. The molecule has 1 N–H and O–H groups in total. The lowest BCUT2D eigenvalue weighted by molar-refractivity contribution is 0.0805. The van der Waals surface area contributed by atoms with E-state index in [-0.39, 0.29) is 0 Å². The second-order valence-electron chi connectivity index (χ2n) is 5.72. The van der Waals surface area contributed by atoms with Crippen molar-refractivity contribution < 1.29 is 9.52 Å². The summed E-state index contributed by atoms with van der Waals surface area (Å²) < 4.78 is 5.38. The van der Waals surface area contributed by atoms with E-state index in [1.54, 1.807) is 6.26 Å². The van der Waals surface area contributed by atoms with Gasteiger partial charge in [-0.25, -0.2) is 0 Å². The first kappa shape index (κ1) is 14.3. The third-order valence-electron chi connectivity index (χ3n) is 4.13. The molecule has 4 nitrogen and oxygen atoms in total. The molecule has 0 saturated carbocycles. The van der Waals surface area contributed by atoms with Crippen molar-refractivity contribution in [1.82, 2.24) is 9.80 Å². The van der Waals surface area contributed by atoms with Crippen LogP contribution in [0.5, 0.6) is 0 Å². The molecule has 1 atom stereocenters. The minimum atomic E-state index is -0.431. The molecule has 3 rings (SSSR count). The van der Waals surface area contributed by atoms with Gasteiger partial charge in [0.05, 0.1) is 12.4 Å². The second kappa shape index (κ2) is 6.43. The summed E-state index contributed by atoms with van der Waals surface area (Å²) in [6, 6.07) is 11.8. The number of rotatable bonds is 4. The van der Waals surface area contributed by atoms with E-state index >= 15 is 0 Å². The van der Waals surface area contributed by atoms with Gasteiger partial charge in [0.15, 0.2) is 0 Å². The number of likely N-dealkylation sites (N-methyl/N-ethyl adjacent to an activating group) is 1. The van der Waals surface area contributed by atoms with Crippen LogP contribution in [0.2, 0.25) is 0 Å². The molecule has 1 aliphatic rings. The molecule has 112 valence electrons. The normalized spacial score (nSPS) is 18.8. The maximum absolute atomic E-state index is 10.4.